The van der Waals surface area contributed by atoms with Gasteiger partial charge in [0, 0.05) is 45.9 Å². The van der Waals surface area contributed by atoms with Gasteiger partial charge in [-0.1, -0.05) is 77.7 Å². The predicted octanol–water partition coefficient (Wildman–Crippen LogP) is 12.0. The standard InChI is InChI=1S/2C7H26P10/c1-3-15(13-8)7-16(17(10)11)5-4-12-6-14(2)9;1-3-12-6-15(9)4-5-16(13-8)7-14(2)17(10)11/h2*12-13H,3-11H2,1-2H3/p+6. The van der Waals surface area contributed by atoms with Crippen molar-refractivity contribution in [2.75, 3.05) is 73.9 Å². The van der Waals surface area contributed by atoms with Gasteiger partial charge in [0.1, 0.15) is 0 Å². The van der Waals surface area contributed by atoms with E-state index >= 15 is 0 Å². The molecule has 0 amide bonds. The van der Waals surface area contributed by atoms with Gasteiger partial charge in [-0.2, -0.15) is 0 Å². The molecular weight excluding hydrogens is 788 g/mol. The SMILES string of the molecule is CCPC[PH+](P)CC[PH+](C[PH+](C)P(P)P)PP.CC[PH+](C[PH+](CCPC[PH+](C)P)P(P)P)PP. The molecule has 18 atom stereocenters. The molecule has 0 fully saturated rings. The molecule has 0 aliphatic heterocycles. The minimum Gasteiger partial charge on any atom is -0.0823 e. The molecule has 0 aromatic rings. The maximum atomic E-state index is 3.18. The van der Waals surface area contributed by atoms with Gasteiger partial charge in [0.05, 0.1) is 103 Å². The lowest BCUT2D eigenvalue weighted by atomic mass is 11.0. The van der Waals surface area contributed by atoms with Gasteiger partial charge in [-0.05, 0) is 13.1 Å². The second-order valence-corrected chi connectivity index (χ2v) is 68.6. The number of rotatable bonds is 20. The van der Waals surface area contributed by atoms with Gasteiger partial charge in [-0.15, -0.1) is 0 Å². The van der Waals surface area contributed by atoms with Crippen LogP contribution in [0.4, 0.5) is 0 Å². The van der Waals surface area contributed by atoms with Crippen LogP contribution in [0.25, 0.3) is 0 Å². The zero-order valence-corrected chi connectivity index (χ0v) is 42.6. The van der Waals surface area contributed by atoms with Crippen LogP contribution in [0.2, 0.25) is 0 Å². The molecule has 0 heterocycles. The molecule has 0 radical (unpaired) electrons. The summed E-state index contributed by atoms with van der Waals surface area (Å²) in [4.78, 5) is 0. The zero-order valence-electron chi connectivity index (χ0n) is 21.6. The van der Waals surface area contributed by atoms with E-state index in [1.165, 1.54) is 57.5 Å². The molecule has 0 nitrogen and oxygen atoms in total. The van der Waals surface area contributed by atoms with Gasteiger partial charge in [-0.25, -0.2) is 0 Å². The van der Waals surface area contributed by atoms with Crippen LogP contribution in [0, 0.1) is 0 Å². The van der Waals surface area contributed by atoms with E-state index in [2.05, 4.69) is 98.6 Å². The molecule has 0 aliphatic carbocycles. The van der Waals surface area contributed by atoms with Gasteiger partial charge in [0.15, 0.2) is 11.8 Å². The molecule has 0 saturated carbocycles. The molecule has 0 aromatic heterocycles. The van der Waals surface area contributed by atoms with Gasteiger partial charge in [-0.3, -0.25) is 0 Å². The lowest BCUT2D eigenvalue weighted by molar-refractivity contribution is 1.50. The van der Waals surface area contributed by atoms with E-state index in [1.807, 2.05) is 0 Å². The molecule has 208 valence electrons. The third-order valence-electron chi connectivity index (χ3n) is 4.87. The van der Waals surface area contributed by atoms with E-state index < -0.39 is 0 Å². The summed E-state index contributed by atoms with van der Waals surface area (Å²) < 4.78 is 0. The van der Waals surface area contributed by atoms with Crippen LogP contribution >= 0.6 is 164 Å². The Balaban J connectivity index is 0. The minimum absolute atomic E-state index is 0.00662. The summed E-state index contributed by atoms with van der Waals surface area (Å²) in [6.45, 7) is 10.1. The van der Waals surface area contributed by atoms with Gasteiger partial charge in [0.2, 0.25) is 0 Å². The van der Waals surface area contributed by atoms with E-state index in [-0.39, 0.29) is 59.6 Å². The maximum absolute atomic E-state index is 3.18. The fourth-order valence-electron chi connectivity index (χ4n) is 2.65. The lowest BCUT2D eigenvalue weighted by Crippen LogP contribution is -1.89. The molecule has 0 spiro atoms. The molecule has 0 N–H and O–H groups in total. The Morgan fingerprint density at radius 3 is 1.79 bits per heavy atom. The number of hydrogen-bond acceptors (Lipinski definition) is 0. The van der Waals surface area contributed by atoms with Crippen molar-refractivity contribution in [3.05, 3.63) is 0 Å². The quantitative estimate of drug-likeness (QED) is 0.0846. The molecule has 20 heteroatoms. The van der Waals surface area contributed by atoms with Gasteiger partial charge < -0.3 is 0 Å². The molecule has 0 saturated heterocycles. The average molecular weight is 846 g/mol. The Labute approximate surface area is 250 Å². The average Bonchev–Trinajstić information content (AvgIpc) is 2.79. The van der Waals surface area contributed by atoms with Crippen molar-refractivity contribution in [1.29, 1.82) is 0 Å². The van der Waals surface area contributed by atoms with Gasteiger partial charge in [0.25, 0.3) is 0 Å². The van der Waals surface area contributed by atoms with Crippen molar-refractivity contribution in [2.45, 2.75) is 13.8 Å². The topological polar surface area (TPSA) is 0 Å². The molecule has 0 aliphatic rings. The summed E-state index contributed by atoms with van der Waals surface area (Å²) in [5.41, 5.74) is 0. The molecule has 0 rings (SSSR count). The summed E-state index contributed by atoms with van der Waals surface area (Å²) in [6.07, 6.45) is 9.17. The highest BCUT2D eigenvalue weighted by atomic mass is 32.7. The predicted molar refractivity (Wildman–Crippen MR) is 247 cm³/mol. The van der Waals surface area contributed by atoms with E-state index in [4.69, 9.17) is 0 Å². The summed E-state index contributed by atoms with van der Waals surface area (Å²) in [5, 5.41) is 0. The van der Waals surface area contributed by atoms with Crippen LogP contribution in [-0.2, 0) is 0 Å². The lowest BCUT2D eigenvalue weighted by Gasteiger charge is -2.14. The fraction of sp³-hybridized carbons (Fsp3) is 1.00. The van der Waals surface area contributed by atoms with E-state index in [0.29, 0.717) is 0 Å². The molecule has 0 aromatic carbocycles. The Morgan fingerprint density at radius 2 is 1.35 bits per heavy atom. The van der Waals surface area contributed by atoms with Crippen LogP contribution in [0.15, 0.2) is 0 Å². The molecule has 0 bridgehead atoms. The first-order valence-corrected chi connectivity index (χ1v) is 48.5. The van der Waals surface area contributed by atoms with Crippen LogP contribution in [0.1, 0.15) is 13.8 Å². The first kappa shape index (κ1) is 44.7. The summed E-state index contributed by atoms with van der Waals surface area (Å²) in [7, 11) is 29.3. The van der Waals surface area contributed by atoms with E-state index in [0.717, 1.165) is 0 Å². The highest BCUT2D eigenvalue weighted by Gasteiger charge is 2.29. The highest BCUT2D eigenvalue weighted by Crippen LogP contribution is 2.84. The molecule has 18 unspecified atom stereocenters. The molecular formula is C14H58P20+6. The third-order valence-corrected chi connectivity index (χ3v) is 68.2. The fourth-order valence-corrected chi connectivity index (χ4v) is 66.2. The highest BCUT2D eigenvalue weighted by molar-refractivity contribution is 8.74. The smallest absolute Gasteiger partial charge is 0.0823 e. The first-order chi connectivity index (χ1) is 16.0. The second-order valence-electron chi connectivity index (χ2n) is 8.03. The zero-order chi connectivity index (χ0) is 26.5. The Hall–Kier alpha value is 8.60. The van der Waals surface area contributed by atoms with E-state index in [9.17, 15) is 0 Å². The van der Waals surface area contributed by atoms with Crippen molar-refractivity contribution in [3.63, 3.8) is 0 Å². The Morgan fingerprint density at radius 1 is 0.735 bits per heavy atom. The van der Waals surface area contributed by atoms with Gasteiger partial charge >= 0.3 is 0 Å². The first-order valence-electron chi connectivity index (χ1n) is 11.5. The van der Waals surface area contributed by atoms with Crippen LogP contribution in [-0.4, -0.2) is 73.9 Å². The summed E-state index contributed by atoms with van der Waals surface area (Å²) in [5.74, 6) is 6.35. The van der Waals surface area contributed by atoms with Crippen molar-refractivity contribution < 1.29 is 0 Å². The second kappa shape index (κ2) is 31.6. The van der Waals surface area contributed by atoms with E-state index in [1.54, 1.807) is 36.2 Å². The monoisotopic (exact) mass is 846 g/mol. The number of hydrogen-bond donors (Lipinski definition) is 0. The summed E-state index contributed by atoms with van der Waals surface area (Å²) in [6, 6.07) is 0. The third kappa shape index (κ3) is 29.3. The Bertz CT molecular complexity index is 422. The van der Waals surface area contributed by atoms with Crippen molar-refractivity contribution in [1.82, 2.24) is 0 Å². The van der Waals surface area contributed by atoms with Crippen molar-refractivity contribution >= 4 is 164 Å². The molecule has 34 heavy (non-hydrogen) atoms. The van der Waals surface area contributed by atoms with Crippen LogP contribution in [0.3, 0.4) is 0 Å². The van der Waals surface area contributed by atoms with Crippen molar-refractivity contribution in [2.24, 2.45) is 0 Å². The Kier molecular flexibility index (Phi) is 41.5. The summed E-state index contributed by atoms with van der Waals surface area (Å²) >= 11 is 0. The van der Waals surface area contributed by atoms with Crippen LogP contribution in [0.5, 0.6) is 0 Å². The largest absolute Gasteiger partial charge is 0.160 e. The van der Waals surface area contributed by atoms with Crippen molar-refractivity contribution in [3.8, 4) is 0 Å². The van der Waals surface area contributed by atoms with Crippen LogP contribution < -0.4 is 0 Å². The maximum Gasteiger partial charge on any atom is 0.160 e. The minimum atomic E-state index is -0.0565. The normalized spacial score (nSPS) is 18.5.